The number of nitro groups is 1. The number of rotatable bonds is 6. The summed E-state index contributed by atoms with van der Waals surface area (Å²) < 4.78 is 30.1. The summed E-state index contributed by atoms with van der Waals surface area (Å²) in [6.07, 6.45) is 1.58. The summed E-state index contributed by atoms with van der Waals surface area (Å²) in [4.78, 5) is 10.1. The molecule has 0 saturated heterocycles. The van der Waals surface area contributed by atoms with Gasteiger partial charge in [0, 0.05) is 12.1 Å². The predicted molar refractivity (Wildman–Crippen MR) is 80.7 cm³/mol. The van der Waals surface area contributed by atoms with Crippen LogP contribution in [-0.4, -0.2) is 19.9 Å². The van der Waals surface area contributed by atoms with Gasteiger partial charge in [0.25, 0.3) is 5.69 Å². The van der Waals surface area contributed by atoms with E-state index in [0.29, 0.717) is 12.4 Å². The van der Waals surface area contributed by atoms with Crippen LogP contribution in [0.3, 0.4) is 0 Å². The first kappa shape index (κ1) is 15.7. The maximum atomic E-state index is 12.4. The molecule has 0 aliphatic rings. The van der Waals surface area contributed by atoms with Gasteiger partial charge in [-0.05, 0) is 36.4 Å². The predicted octanol–water partition coefficient (Wildman–Crippen LogP) is 2.99. The molecule has 0 radical (unpaired) electrons. The van der Waals surface area contributed by atoms with Gasteiger partial charge in [-0.1, -0.05) is 12.7 Å². The largest absolute Gasteiger partial charge is 0.490 e. The lowest BCUT2D eigenvalue weighted by atomic mass is 10.3. The van der Waals surface area contributed by atoms with Crippen molar-refractivity contribution < 1.29 is 18.1 Å². The first-order chi connectivity index (χ1) is 10.4. The molecule has 0 bridgehead atoms. The van der Waals surface area contributed by atoms with Crippen LogP contribution in [0.2, 0.25) is 0 Å². The molecule has 0 saturated carbocycles. The van der Waals surface area contributed by atoms with Gasteiger partial charge in [-0.15, -0.1) is 0 Å². The fourth-order valence-electron chi connectivity index (χ4n) is 1.75. The number of hydrogen-bond acceptors (Lipinski definition) is 5. The Morgan fingerprint density at radius 3 is 2.00 bits per heavy atom. The summed E-state index contributed by atoms with van der Waals surface area (Å²) in [6.45, 7) is 3.85. The summed E-state index contributed by atoms with van der Waals surface area (Å²) >= 11 is 0. The molecule has 0 unspecified atom stereocenters. The Kier molecular flexibility index (Phi) is 4.57. The highest BCUT2D eigenvalue weighted by Crippen LogP contribution is 2.24. The van der Waals surface area contributed by atoms with Crippen LogP contribution in [0.15, 0.2) is 71.0 Å². The van der Waals surface area contributed by atoms with Crippen molar-refractivity contribution in [3.63, 3.8) is 0 Å². The van der Waals surface area contributed by atoms with E-state index in [-0.39, 0.29) is 15.5 Å². The minimum Gasteiger partial charge on any atom is -0.490 e. The van der Waals surface area contributed by atoms with Crippen LogP contribution in [-0.2, 0) is 9.84 Å². The van der Waals surface area contributed by atoms with Gasteiger partial charge >= 0.3 is 0 Å². The number of ether oxygens (including phenoxy) is 1. The summed E-state index contributed by atoms with van der Waals surface area (Å²) in [7, 11) is -3.72. The zero-order valence-electron chi connectivity index (χ0n) is 11.5. The van der Waals surface area contributed by atoms with E-state index in [9.17, 15) is 18.5 Å². The van der Waals surface area contributed by atoms with Crippen molar-refractivity contribution in [3.8, 4) is 5.75 Å². The first-order valence-corrected chi connectivity index (χ1v) is 7.77. The second-order valence-electron chi connectivity index (χ2n) is 4.33. The van der Waals surface area contributed by atoms with Crippen molar-refractivity contribution >= 4 is 15.5 Å². The van der Waals surface area contributed by atoms with Gasteiger partial charge in [-0.2, -0.15) is 0 Å². The molecule has 0 aliphatic carbocycles. The highest BCUT2D eigenvalue weighted by atomic mass is 32.2. The monoisotopic (exact) mass is 319 g/mol. The summed E-state index contributed by atoms with van der Waals surface area (Å²) in [5.74, 6) is 0.530. The third-order valence-electron chi connectivity index (χ3n) is 2.86. The van der Waals surface area contributed by atoms with Crippen LogP contribution in [0.5, 0.6) is 5.75 Å². The van der Waals surface area contributed by atoms with Crippen LogP contribution < -0.4 is 4.74 Å². The van der Waals surface area contributed by atoms with E-state index < -0.39 is 14.8 Å². The minimum atomic E-state index is -3.72. The topological polar surface area (TPSA) is 86.5 Å². The van der Waals surface area contributed by atoms with Crippen LogP contribution in [0.25, 0.3) is 0 Å². The zero-order valence-corrected chi connectivity index (χ0v) is 12.3. The second-order valence-corrected chi connectivity index (χ2v) is 6.28. The van der Waals surface area contributed by atoms with E-state index in [1.807, 2.05) is 0 Å². The van der Waals surface area contributed by atoms with Crippen molar-refractivity contribution in [2.24, 2.45) is 0 Å². The molecule has 0 heterocycles. The zero-order chi connectivity index (χ0) is 16.2. The molecule has 2 aromatic carbocycles. The number of sulfone groups is 1. The standard InChI is InChI=1S/C15H13NO5S/c1-2-11-21-13-5-9-15(10-6-13)22(19,20)14-7-3-12(4-8-14)16(17)18/h2-10H,1,11H2. The quantitative estimate of drug-likeness (QED) is 0.464. The Bertz CT molecular complexity index is 780. The molecule has 0 N–H and O–H groups in total. The molecule has 2 rings (SSSR count). The number of hydrogen-bond donors (Lipinski definition) is 0. The number of benzene rings is 2. The van der Waals surface area contributed by atoms with Gasteiger partial charge < -0.3 is 4.74 Å². The van der Waals surface area contributed by atoms with E-state index in [2.05, 4.69) is 6.58 Å². The number of nitrogens with zero attached hydrogens (tertiary/aromatic N) is 1. The van der Waals surface area contributed by atoms with E-state index in [0.717, 1.165) is 12.1 Å². The Morgan fingerprint density at radius 2 is 1.55 bits per heavy atom. The van der Waals surface area contributed by atoms with Crippen molar-refractivity contribution in [3.05, 3.63) is 71.3 Å². The second kappa shape index (κ2) is 6.40. The molecule has 6 nitrogen and oxygen atoms in total. The summed E-state index contributed by atoms with van der Waals surface area (Å²) in [5.41, 5.74) is -0.160. The van der Waals surface area contributed by atoms with E-state index in [1.54, 1.807) is 18.2 Å². The van der Waals surface area contributed by atoms with Gasteiger partial charge in [0.15, 0.2) is 0 Å². The lowest BCUT2D eigenvalue weighted by Crippen LogP contribution is -2.02. The van der Waals surface area contributed by atoms with Crippen molar-refractivity contribution in [1.29, 1.82) is 0 Å². The van der Waals surface area contributed by atoms with Gasteiger partial charge in [-0.25, -0.2) is 8.42 Å². The number of nitro benzene ring substituents is 1. The summed E-state index contributed by atoms with van der Waals surface area (Å²) in [5, 5.41) is 10.6. The van der Waals surface area contributed by atoms with E-state index in [4.69, 9.17) is 4.74 Å². The molecule has 7 heteroatoms. The maximum absolute atomic E-state index is 12.4. The van der Waals surface area contributed by atoms with Gasteiger partial charge in [0.05, 0.1) is 14.7 Å². The Hall–Kier alpha value is -2.67. The molecule has 0 aromatic heterocycles. The average Bonchev–Trinajstić information content (AvgIpc) is 2.53. The van der Waals surface area contributed by atoms with Gasteiger partial charge in [0.2, 0.25) is 9.84 Å². The lowest BCUT2D eigenvalue weighted by Gasteiger charge is -2.06. The van der Waals surface area contributed by atoms with Gasteiger partial charge in [0.1, 0.15) is 12.4 Å². The maximum Gasteiger partial charge on any atom is 0.269 e. The third kappa shape index (κ3) is 3.32. The highest BCUT2D eigenvalue weighted by molar-refractivity contribution is 7.91. The van der Waals surface area contributed by atoms with Crippen molar-refractivity contribution in [1.82, 2.24) is 0 Å². The molecule has 2 aromatic rings. The van der Waals surface area contributed by atoms with Crippen molar-refractivity contribution in [2.45, 2.75) is 9.79 Å². The normalized spacial score (nSPS) is 10.9. The number of non-ortho nitro benzene ring substituents is 1. The Labute approximate surface area is 127 Å². The van der Waals surface area contributed by atoms with Crippen molar-refractivity contribution in [2.75, 3.05) is 6.61 Å². The first-order valence-electron chi connectivity index (χ1n) is 6.28. The Morgan fingerprint density at radius 1 is 1.05 bits per heavy atom. The van der Waals surface area contributed by atoms with Crippen LogP contribution in [0.4, 0.5) is 5.69 Å². The molecular formula is C15H13NO5S. The third-order valence-corrected chi connectivity index (χ3v) is 4.65. The SMILES string of the molecule is C=CCOc1ccc(S(=O)(=O)c2ccc([N+](=O)[O-])cc2)cc1. The van der Waals surface area contributed by atoms with E-state index >= 15 is 0 Å². The smallest absolute Gasteiger partial charge is 0.269 e. The molecule has 114 valence electrons. The van der Waals surface area contributed by atoms with Crippen LogP contribution in [0, 0.1) is 10.1 Å². The molecular weight excluding hydrogens is 306 g/mol. The molecule has 0 aliphatic heterocycles. The Balaban J connectivity index is 2.29. The van der Waals surface area contributed by atoms with Gasteiger partial charge in [-0.3, -0.25) is 10.1 Å². The van der Waals surface area contributed by atoms with E-state index in [1.165, 1.54) is 24.3 Å². The van der Waals surface area contributed by atoms with Crippen LogP contribution >= 0.6 is 0 Å². The molecule has 0 amide bonds. The lowest BCUT2D eigenvalue weighted by molar-refractivity contribution is -0.384. The molecule has 0 fully saturated rings. The average molecular weight is 319 g/mol. The highest BCUT2D eigenvalue weighted by Gasteiger charge is 2.18. The molecule has 0 atom stereocenters. The summed E-state index contributed by atoms with van der Waals surface area (Å²) in [6, 6.07) is 10.7. The molecule has 22 heavy (non-hydrogen) atoms. The molecule has 0 spiro atoms. The van der Waals surface area contributed by atoms with Crippen LogP contribution in [0.1, 0.15) is 0 Å². The fourth-order valence-corrected chi connectivity index (χ4v) is 3.01. The fraction of sp³-hybridized carbons (Fsp3) is 0.0667. The minimum absolute atomic E-state index is 0.00198.